The number of hydrogen-bond acceptors (Lipinski definition) is 2. The molecule has 2 nitrogen and oxygen atoms in total. The Hall–Kier alpha value is 0.890. The van der Waals surface area contributed by atoms with E-state index in [2.05, 4.69) is 58.3 Å². The van der Waals surface area contributed by atoms with Crippen molar-refractivity contribution in [3.05, 3.63) is 32.5 Å². The standard InChI is InChI=1S/C16H22Cl2I2O2/c1-11(19)9-13(17)3-5-15(21)7-8-16(22)6-4-14(18)10-12(2)20/h7-8,13-15,21H,1-6,9-10H2/b8-7+/t13-,14+,15?/m0/s1. The van der Waals surface area contributed by atoms with Crippen molar-refractivity contribution in [3.8, 4) is 0 Å². The third-order valence-corrected chi connectivity index (χ3v) is 4.50. The predicted molar refractivity (Wildman–Crippen MR) is 113 cm³/mol. The van der Waals surface area contributed by atoms with Crippen LogP contribution in [0.1, 0.15) is 38.5 Å². The van der Waals surface area contributed by atoms with Crippen LogP contribution in [-0.2, 0) is 4.79 Å². The molecule has 0 radical (unpaired) electrons. The summed E-state index contributed by atoms with van der Waals surface area (Å²) in [4.78, 5) is 11.7. The normalized spacial score (nSPS) is 15.5. The lowest BCUT2D eigenvalue weighted by atomic mass is 10.1. The number of aliphatic hydroxyl groups is 1. The minimum atomic E-state index is -0.645. The zero-order chi connectivity index (χ0) is 17.1. The van der Waals surface area contributed by atoms with Crippen LogP contribution in [0, 0.1) is 0 Å². The maximum absolute atomic E-state index is 11.7. The highest BCUT2D eigenvalue weighted by atomic mass is 127. The summed E-state index contributed by atoms with van der Waals surface area (Å²) in [6.07, 6.45) is 5.99. The number of rotatable bonds is 12. The van der Waals surface area contributed by atoms with Gasteiger partial charge in [0.25, 0.3) is 0 Å². The number of halogens is 4. The van der Waals surface area contributed by atoms with Gasteiger partial charge in [0.05, 0.1) is 6.10 Å². The maximum Gasteiger partial charge on any atom is 0.155 e. The summed E-state index contributed by atoms with van der Waals surface area (Å²) in [5, 5.41) is 9.73. The van der Waals surface area contributed by atoms with E-state index in [4.69, 9.17) is 23.2 Å². The van der Waals surface area contributed by atoms with Crippen LogP contribution in [0.4, 0.5) is 0 Å². The minimum Gasteiger partial charge on any atom is -0.389 e. The number of ketones is 1. The molecule has 126 valence electrons. The molecule has 0 rings (SSSR count). The van der Waals surface area contributed by atoms with Gasteiger partial charge in [0, 0.05) is 17.2 Å². The quantitative estimate of drug-likeness (QED) is 0.180. The first-order valence-corrected chi connectivity index (χ1v) is 10.1. The molecule has 0 amide bonds. The first-order valence-electron chi connectivity index (χ1n) is 7.04. The maximum atomic E-state index is 11.7. The Labute approximate surface area is 170 Å². The van der Waals surface area contributed by atoms with Crippen LogP contribution >= 0.6 is 68.4 Å². The topological polar surface area (TPSA) is 37.3 Å². The van der Waals surface area contributed by atoms with Gasteiger partial charge in [0.1, 0.15) is 0 Å². The molecule has 0 aliphatic carbocycles. The smallest absolute Gasteiger partial charge is 0.155 e. The summed E-state index contributed by atoms with van der Waals surface area (Å²) in [5.74, 6) is -0.0215. The first-order chi connectivity index (χ1) is 10.2. The third kappa shape index (κ3) is 14.5. The van der Waals surface area contributed by atoms with Crippen molar-refractivity contribution in [2.75, 3.05) is 0 Å². The van der Waals surface area contributed by atoms with Crippen LogP contribution in [0.2, 0.25) is 0 Å². The number of hydrogen-bond donors (Lipinski definition) is 1. The van der Waals surface area contributed by atoms with Crippen LogP contribution in [0.5, 0.6) is 0 Å². The second-order valence-electron chi connectivity index (χ2n) is 5.15. The summed E-state index contributed by atoms with van der Waals surface area (Å²) in [6, 6.07) is 0. The Morgan fingerprint density at radius 1 is 1.05 bits per heavy atom. The number of allylic oxidation sites excluding steroid dienone is 3. The highest BCUT2D eigenvalue weighted by Crippen LogP contribution is 2.20. The molecule has 0 saturated heterocycles. The zero-order valence-corrected chi connectivity index (χ0v) is 18.2. The molecule has 0 heterocycles. The fourth-order valence-electron chi connectivity index (χ4n) is 1.73. The van der Waals surface area contributed by atoms with E-state index >= 15 is 0 Å². The minimum absolute atomic E-state index is 0.0215. The molecule has 0 spiro atoms. The van der Waals surface area contributed by atoms with Crippen molar-refractivity contribution in [1.82, 2.24) is 0 Å². The lowest BCUT2D eigenvalue weighted by Crippen LogP contribution is -2.08. The van der Waals surface area contributed by atoms with Crippen molar-refractivity contribution in [3.63, 3.8) is 0 Å². The molecule has 0 aromatic rings. The second-order valence-corrected chi connectivity index (χ2v) is 9.43. The number of carbonyl (C=O) groups excluding carboxylic acids is 1. The van der Waals surface area contributed by atoms with Gasteiger partial charge >= 0.3 is 0 Å². The lowest BCUT2D eigenvalue weighted by molar-refractivity contribution is -0.114. The van der Waals surface area contributed by atoms with Crippen molar-refractivity contribution >= 4 is 74.2 Å². The van der Waals surface area contributed by atoms with Crippen LogP contribution in [-0.4, -0.2) is 27.7 Å². The van der Waals surface area contributed by atoms with Crippen molar-refractivity contribution in [2.24, 2.45) is 0 Å². The van der Waals surface area contributed by atoms with Gasteiger partial charge < -0.3 is 5.11 Å². The Kier molecular flexibility index (Phi) is 13.7. The van der Waals surface area contributed by atoms with Crippen molar-refractivity contribution < 1.29 is 9.90 Å². The highest BCUT2D eigenvalue weighted by Gasteiger charge is 2.10. The van der Waals surface area contributed by atoms with E-state index in [9.17, 15) is 9.90 Å². The van der Waals surface area contributed by atoms with Crippen molar-refractivity contribution in [1.29, 1.82) is 0 Å². The summed E-state index contributed by atoms with van der Waals surface area (Å²) in [5.41, 5.74) is 0. The van der Waals surface area contributed by atoms with Crippen LogP contribution in [0.25, 0.3) is 0 Å². The zero-order valence-electron chi connectivity index (χ0n) is 12.4. The molecule has 0 saturated carbocycles. The van der Waals surface area contributed by atoms with E-state index in [1.54, 1.807) is 0 Å². The SMILES string of the molecule is C=C(I)C[C@H](Cl)CCC(=O)/C=C/C(O)CC[C@H](Cl)CC(=C)I. The Balaban J connectivity index is 3.95. The highest BCUT2D eigenvalue weighted by molar-refractivity contribution is 14.1. The predicted octanol–water partition coefficient (Wildman–Crippen LogP) is 5.93. The van der Waals surface area contributed by atoms with Crippen LogP contribution in [0.3, 0.4) is 0 Å². The average molecular weight is 571 g/mol. The van der Waals surface area contributed by atoms with E-state index in [1.807, 2.05) is 0 Å². The Bertz CT molecular complexity index is 411. The fraction of sp³-hybridized carbons (Fsp3) is 0.562. The number of aliphatic hydroxyl groups excluding tert-OH is 1. The molecule has 0 aliphatic heterocycles. The van der Waals surface area contributed by atoms with Gasteiger partial charge in [-0.1, -0.05) is 19.2 Å². The van der Waals surface area contributed by atoms with Gasteiger partial charge in [-0.05, 0) is 90.5 Å². The number of alkyl halides is 2. The third-order valence-electron chi connectivity index (χ3n) is 2.87. The molecular formula is C16H22Cl2I2O2. The van der Waals surface area contributed by atoms with Gasteiger partial charge in [-0.3, -0.25) is 4.79 Å². The Morgan fingerprint density at radius 3 is 2.05 bits per heavy atom. The lowest BCUT2D eigenvalue weighted by Gasteiger charge is -2.10. The van der Waals surface area contributed by atoms with Crippen LogP contribution < -0.4 is 0 Å². The van der Waals surface area contributed by atoms with Gasteiger partial charge in [-0.2, -0.15) is 0 Å². The molecule has 6 heteroatoms. The second kappa shape index (κ2) is 13.2. The molecule has 0 aromatic heterocycles. The molecule has 22 heavy (non-hydrogen) atoms. The average Bonchev–Trinajstić information content (AvgIpc) is 2.39. The van der Waals surface area contributed by atoms with E-state index in [-0.39, 0.29) is 16.5 Å². The summed E-state index contributed by atoms with van der Waals surface area (Å²) < 4.78 is 1.99. The van der Waals surface area contributed by atoms with Gasteiger partial charge in [-0.15, -0.1) is 23.2 Å². The summed E-state index contributed by atoms with van der Waals surface area (Å²) in [7, 11) is 0. The van der Waals surface area contributed by atoms with Gasteiger partial charge in [0.15, 0.2) is 5.78 Å². The van der Waals surface area contributed by atoms with Gasteiger partial charge in [0.2, 0.25) is 0 Å². The van der Waals surface area contributed by atoms with Gasteiger partial charge in [-0.25, -0.2) is 0 Å². The molecule has 0 bridgehead atoms. The molecule has 0 aromatic carbocycles. The fourth-order valence-corrected chi connectivity index (χ4v) is 3.92. The van der Waals surface area contributed by atoms with E-state index in [0.29, 0.717) is 32.1 Å². The number of carbonyl (C=O) groups is 1. The Morgan fingerprint density at radius 2 is 1.55 bits per heavy atom. The van der Waals surface area contributed by atoms with Crippen LogP contribution in [0.15, 0.2) is 32.5 Å². The van der Waals surface area contributed by atoms with E-state index in [1.165, 1.54) is 12.2 Å². The molecule has 1 N–H and O–H groups in total. The molecular weight excluding hydrogens is 549 g/mol. The summed E-state index contributed by atoms with van der Waals surface area (Å²) >= 11 is 16.5. The molecule has 0 fully saturated rings. The molecule has 1 unspecified atom stereocenters. The van der Waals surface area contributed by atoms with E-state index in [0.717, 1.165) is 13.6 Å². The molecule has 3 atom stereocenters. The largest absolute Gasteiger partial charge is 0.389 e. The first kappa shape index (κ1) is 22.9. The molecule has 0 aliphatic rings. The van der Waals surface area contributed by atoms with Crippen molar-refractivity contribution in [2.45, 2.75) is 55.4 Å². The summed E-state index contributed by atoms with van der Waals surface area (Å²) in [6.45, 7) is 7.59. The van der Waals surface area contributed by atoms with E-state index < -0.39 is 6.10 Å². The monoisotopic (exact) mass is 570 g/mol.